The Labute approximate surface area is 157 Å². The van der Waals surface area contributed by atoms with Crippen LogP contribution < -0.4 is 10.6 Å². The molecule has 0 aliphatic heterocycles. The monoisotopic (exact) mass is 344 g/mol. The van der Waals surface area contributed by atoms with Crippen molar-refractivity contribution in [1.82, 2.24) is 10.6 Å². The van der Waals surface area contributed by atoms with Crippen LogP contribution in [-0.2, 0) is 0 Å². The maximum atomic E-state index is 3.79. The summed E-state index contributed by atoms with van der Waals surface area (Å²) in [7, 11) is 0. The first-order valence-corrected chi connectivity index (χ1v) is 9.81. The van der Waals surface area contributed by atoms with Gasteiger partial charge in [0.2, 0.25) is 0 Å². The maximum absolute atomic E-state index is 3.79. The lowest BCUT2D eigenvalue weighted by atomic mass is 9.96. The van der Waals surface area contributed by atoms with Gasteiger partial charge in [0.15, 0.2) is 0 Å². The van der Waals surface area contributed by atoms with Crippen LogP contribution in [0.1, 0.15) is 25.7 Å². The Kier molecular flexibility index (Phi) is 5.63. The Morgan fingerprint density at radius 2 is 0.846 bits per heavy atom. The van der Waals surface area contributed by atoms with Gasteiger partial charge in [-0.2, -0.15) is 0 Å². The predicted molar refractivity (Wildman–Crippen MR) is 111 cm³/mol. The molecule has 4 rings (SSSR count). The minimum Gasteiger partial charge on any atom is -0.305 e. The number of nitrogens with one attached hydrogen (secondary N) is 2. The van der Waals surface area contributed by atoms with Gasteiger partial charge in [-0.25, -0.2) is 0 Å². The van der Waals surface area contributed by atoms with E-state index in [1.807, 2.05) is 0 Å². The molecule has 4 aliphatic carbocycles. The molecule has 0 radical (unpaired) electrons. The Morgan fingerprint density at radius 1 is 0.538 bits per heavy atom. The minimum absolute atomic E-state index is 0.375. The van der Waals surface area contributed by atoms with E-state index in [-0.39, 0.29) is 0 Å². The van der Waals surface area contributed by atoms with E-state index < -0.39 is 0 Å². The van der Waals surface area contributed by atoms with Crippen molar-refractivity contribution in [2.24, 2.45) is 0 Å². The van der Waals surface area contributed by atoms with Crippen molar-refractivity contribution < 1.29 is 0 Å². The quantitative estimate of drug-likeness (QED) is 0.604. The number of hydrogen-bond donors (Lipinski definition) is 2. The van der Waals surface area contributed by atoms with Crippen LogP contribution in [0.5, 0.6) is 0 Å². The lowest BCUT2D eigenvalue weighted by Crippen LogP contribution is -2.41. The molecule has 0 spiro atoms. The molecule has 0 aromatic heterocycles. The second kappa shape index (κ2) is 8.48. The standard InChI is InChI=1S/C24H28N2/c1-2-10-19(9-1)23(20-11-3-4-12-20)25-17-18-26-24(21-13-5-6-14-21)22-15-7-8-16-22/h1-9,11,13,15,23-26H,10,12,14,16-18H2. The van der Waals surface area contributed by atoms with E-state index >= 15 is 0 Å². The molecular weight excluding hydrogens is 316 g/mol. The van der Waals surface area contributed by atoms with Gasteiger partial charge in [-0.1, -0.05) is 72.9 Å². The second-order valence-electron chi connectivity index (χ2n) is 7.27. The largest absolute Gasteiger partial charge is 0.305 e. The van der Waals surface area contributed by atoms with E-state index in [4.69, 9.17) is 0 Å². The summed E-state index contributed by atoms with van der Waals surface area (Å²) >= 11 is 0. The van der Waals surface area contributed by atoms with Gasteiger partial charge in [-0.05, 0) is 48.0 Å². The molecule has 4 aliphatic rings. The van der Waals surface area contributed by atoms with Gasteiger partial charge in [0, 0.05) is 13.1 Å². The summed E-state index contributed by atoms with van der Waals surface area (Å²) in [4.78, 5) is 0. The fraction of sp³-hybridized carbons (Fsp3) is 0.333. The third kappa shape index (κ3) is 3.98. The summed E-state index contributed by atoms with van der Waals surface area (Å²) in [6, 6.07) is 0.750. The van der Waals surface area contributed by atoms with Gasteiger partial charge in [0.1, 0.15) is 0 Å². The molecule has 0 saturated heterocycles. The van der Waals surface area contributed by atoms with E-state index in [1.54, 1.807) is 0 Å². The Bertz CT molecular complexity index is 642. The normalized spacial score (nSPS) is 20.5. The van der Waals surface area contributed by atoms with Crippen molar-refractivity contribution in [2.45, 2.75) is 37.8 Å². The van der Waals surface area contributed by atoms with E-state index in [2.05, 4.69) is 83.5 Å². The highest BCUT2D eigenvalue weighted by Crippen LogP contribution is 2.26. The molecule has 0 aromatic rings. The Hall–Kier alpha value is -2.16. The van der Waals surface area contributed by atoms with E-state index in [0.717, 1.165) is 38.8 Å². The number of allylic oxidation sites excluding steroid dienone is 12. The highest BCUT2D eigenvalue weighted by Gasteiger charge is 2.21. The fourth-order valence-electron chi connectivity index (χ4n) is 4.15. The van der Waals surface area contributed by atoms with E-state index in [0.29, 0.717) is 12.1 Å². The SMILES string of the molecule is C1=CCC(C(NCCNC(C2=CC=CC2)C2=CC=CC2)C2=CC=CC2)=C1. The van der Waals surface area contributed by atoms with Gasteiger partial charge in [-0.15, -0.1) is 0 Å². The topological polar surface area (TPSA) is 24.1 Å². The van der Waals surface area contributed by atoms with Gasteiger partial charge >= 0.3 is 0 Å². The first-order valence-electron chi connectivity index (χ1n) is 9.81. The maximum Gasteiger partial charge on any atom is 0.0507 e. The molecule has 0 fully saturated rings. The smallest absolute Gasteiger partial charge is 0.0507 e. The molecule has 0 heterocycles. The average molecular weight is 345 g/mol. The predicted octanol–water partition coefficient (Wildman–Crippen LogP) is 4.45. The lowest BCUT2D eigenvalue weighted by Gasteiger charge is -2.25. The van der Waals surface area contributed by atoms with Gasteiger partial charge in [-0.3, -0.25) is 0 Å². The summed E-state index contributed by atoms with van der Waals surface area (Å²) in [5.41, 5.74) is 5.95. The molecule has 2 heteroatoms. The first kappa shape index (κ1) is 17.3. The van der Waals surface area contributed by atoms with Crippen LogP contribution in [-0.4, -0.2) is 25.2 Å². The number of rotatable bonds is 9. The summed E-state index contributed by atoms with van der Waals surface area (Å²) in [5, 5.41) is 7.58. The average Bonchev–Trinajstić information content (AvgIpc) is 3.46. The molecule has 0 atom stereocenters. The summed E-state index contributed by atoms with van der Waals surface area (Å²) in [6.45, 7) is 1.94. The van der Waals surface area contributed by atoms with Crippen LogP contribution in [0.3, 0.4) is 0 Å². The van der Waals surface area contributed by atoms with Crippen LogP contribution in [0, 0.1) is 0 Å². The zero-order valence-electron chi connectivity index (χ0n) is 15.3. The zero-order valence-corrected chi connectivity index (χ0v) is 15.3. The van der Waals surface area contributed by atoms with Crippen LogP contribution in [0.15, 0.2) is 95.2 Å². The molecule has 0 unspecified atom stereocenters. The fourth-order valence-corrected chi connectivity index (χ4v) is 4.15. The molecule has 0 amide bonds. The van der Waals surface area contributed by atoms with Crippen LogP contribution in [0.2, 0.25) is 0 Å². The third-order valence-electron chi connectivity index (χ3n) is 5.50. The van der Waals surface area contributed by atoms with Crippen molar-refractivity contribution in [3.63, 3.8) is 0 Å². The summed E-state index contributed by atoms with van der Waals surface area (Å²) in [6.07, 6.45) is 31.1. The highest BCUT2D eigenvalue weighted by atomic mass is 15.0. The Balaban J connectivity index is 1.32. The first-order chi connectivity index (χ1) is 12.9. The molecule has 0 aromatic carbocycles. The van der Waals surface area contributed by atoms with Gasteiger partial charge in [0.25, 0.3) is 0 Å². The van der Waals surface area contributed by atoms with Crippen LogP contribution in [0.4, 0.5) is 0 Å². The van der Waals surface area contributed by atoms with Gasteiger partial charge in [0.05, 0.1) is 12.1 Å². The van der Waals surface area contributed by atoms with Crippen LogP contribution in [0.25, 0.3) is 0 Å². The Morgan fingerprint density at radius 3 is 1.08 bits per heavy atom. The minimum atomic E-state index is 0.375. The molecule has 134 valence electrons. The highest BCUT2D eigenvalue weighted by molar-refractivity contribution is 5.40. The van der Waals surface area contributed by atoms with E-state index in [9.17, 15) is 0 Å². The number of hydrogen-bond acceptors (Lipinski definition) is 2. The third-order valence-corrected chi connectivity index (χ3v) is 5.50. The lowest BCUT2D eigenvalue weighted by molar-refractivity contribution is 0.550. The molecular formula is C24H28N2. The molecule has 0 saturated carbocycles. The van der Waals surface area contributed by atoms with Crippen molar-refractivity contribution in [1.29, 1.82) is 0 Å². The second-order valence-corrected chi connectivity index (χ2v) is 7.27. The zero-order chi connectivity index (χ0) is 17.6. The molecule has 0 bridgehead atoms. The van der Waals surface area contributed by atoms with Gasteiger partial charge < -0.3 is 10.6 Å². The molecule has 2 N–H and O–H groups in total. The molecule has 2 nitrogen and oxygen atoms in total. The van der Waals surface area contributed by atoms with Crippen molar-refractivity contribution in [3.8, 4) is 0 Å². The van der Waals surface area contributed by atoms with Crippen molar-refractivity contribution in [2.75, 3.05) is 13.1 Å². The molecule has 26 heavy (non-hydrogen) atoms. The van der Waals surface area contributed by atoms with E-state index in [1.165, 1.54) is 22.3 Å². The van der Waals surface area contributed by atoms with Crippen molar-refractivity contribution in [3.05, 3.63) is 95.2 Å². The summed E-state index contributed by atoms with van der Waals surface area (Å²) in [5.74, 6) is 0. The van der Waals surface area contributed by atoms with Crippen LogP contribution >= 0.6 is 0 Å². The summed E-state index contributed by atoms with van der Waals surface area (Å²) < 4.78 is 0. The van der Waals surface area contributed by atoms with Crippen molar-refractivity contribution >= 4 is 0 Å².